The van der Waals surface area contributed by atoms with Gasteiger partial charge in [0.1, 0.15) is 0 Å². The molecule has 0 bridgehead atoms. The summed E-state index contributed by atoms with van der Waals surface area (Å²) in [5, 5.41) is 1.13. The van der Waals surface area contributed by atoms with Gasteiger partial charge in [-0.05, 0) is 58.5 Å². The number of carbonyl (C=O) groups is 2. The van der Waals surface area contributed by atoms with Crippen molar-refractivity contribution in [1.82, 2.24) is 4.98 Å². The Balaban J connectivity index is 2.21. The van der Waals surface area contributed by atoms with Gasteiger partial charge >= 0.3 is 11.9 Å². The van der Waals surface area contributed by atoms with Crippen molar-refractivity contribution in [2.24, 2.45) is 5.41 Å². The first-order valence-electron chi connectivity index (χ1n) is 7.81. The first-order chi connectivity index (χ1) is 11.3. The number of halogens is 1. The normalized spacial score (nSPS) is 19.0. The fourth-order valence-electron chi connectivity index (χ4n) is 3.95. The van der Waals surface area contributed by atoms with Crippen LogP contribution >= 0.6 is 15.9 Å². The molecule has 1 atom stereocenters. The second-order valence-corrected chi connectivity index (χ2v) is 7.39. The number of aromatic nitrogens is 1. The summed E-state index contributed by atoms with van der Waals surface area (Å²) < 4.78 is 10.8. The molecule has 1 aromatic carbocycles. The lowest BCUT2D eigenvalue weighted by Gasteiger charge is -2.35. The monoisotopic (exact) mass is 393 g/mol. The van der Waals surface area contributed by atoms with Gasteiger partial charge in [-0.1, -0.05) is 6.92 Å². The molecule has 128 valence electrons. The molecule has 0 amide bonds. The third kappa shape index (κ3) is 2.35. The minimum atomic E-state index is -1.29. The summed E-state index contributed by atoms with van der Waals surface area (Å²) in [5.74, 6) is -1.06. The Labute approximate surface area is 148 Å². The Hall–Kier alpha value is -1.82. The van der Waals surface area contributed by atoms with E-state index in [-0.39, 0.29) is 12.3 Å². The SMILES string of the molecule is COC(=O)C1(C(=O)OC)Cc2[nH]c3c(Br)cc(C)cc3c2C(C)C1. The summed E-state index contributed by atoms with van der Waals surface area (Å²) in [5.41, 5.74) is 2.91. The smallest absolute Gasteiger partial charge is 0.323 e. The van der Waals surface area contributed by atoms with Crippen molar-refractivity contribution in [3.8, 4) is 0 Å². The molecule has 1 N–H and O–H groups in total. The summed E-state index contributed by atoms with van der Waals surface area (Å²) in [7, 11) is 2.61. The van der Waals surface area contributed by atoms with Gasteiger partial charge in [0.25, 0.3) is 0 Å². The molecule has 3 rings (SSSR count). The van der Waals surface area contributed by atoms with Crippen LogP contribution in [0.4, 0.5) is 0 Å². The molecule has 0 radical (unpaired) electrons. The molecule has 0 aliphatic heterocycles. The first-order valence-corrected chi connectivity index (χ1v) is 8.60. The molecule has 2 aromatic rings. The molecule has 1 aromatic heterocycles. The Morgan fingerprint density at radius 2 is 1.88 bits per heavy atom. The van der Waals surface area contributed by atoms with E-state index >= 15 is 0 Å². The number of aromatic amines is 1. The fraction of sp³-hybridized carbons (Fsp3) is 0.444. The average molecular weight is 394 g/mol. The van der Waals surface area contributed by atoms with E-state index in [4.69, 9.17) is 9.47 Å². The first kappa shape index (κ1) is 17.0. The molecule has 0 spiro atoms. The van der Waals surface area contributed by atoms with Gasteiger partial charge in [0.15, 0.2) is 5.41 Å². The van der Waals surface area contributed by atoms with Crippen LogP contribution < -0.4 is 0 Å². The summed E-state index contributed by atoms with van der Waals surface area (Å²) in [6, 6.07) is 4.18. The van der Waals surface area contributed by atoms with Crippen LogP contribution in [0.25, 0.3) is 10.9 Å². The van der Waals surface area contributed by atoms with Gasteiger partial charge in [-0.15, -0.1) is 0 Å². The predicted molar refractivity (Wildman–Crippen MR) is 93.9 cm³/mol. The van der Waals surface area contributed by atoms with Gasteiger partial charge in [0.2, 0.25) is 0 Å². The molecule has 1 heterocycles. The third-order valence-corrected chi connectivity index (χ3v) is 5.53. The van der Waals surface area contributed by atoms with E-state index in [1.807, 2.05) is 19.9 Å². The molecule has 5 nitrogen and oxygen atoms in total. The number of rotatable bonds is 2. The number of benzene rings is 1. The summed E-state index contributed by atoms with van der Waals surface area (Å²) >= 11 is 3.59. The van der Waals surface area contributed by atoms with Gasteiger partial charge in [0.05, 0.1) is 19.7 Å². The maximum atomic E-state index is 12.4. The van der Waals surface area contributed by atoms with Crippen LogP contribution in [-0.4, -0.2) is 31.1 Å². The molecule has 0 fully saturated rings. The van der Waals surface area contributed by atoms with Crippen LogP contribution in [0.2, 0.25) is 0 Å². The maximum Gasteiger partial charge on any atom is 0.323 e. The fourth-order valence-corrected chi connectivity index (χ4v) is 4.62. The van der Waals surface area contributed by atoms with E-state index in [0.29, 0.717) is 6.42 Å². The molecule has 1 unspecified atom stereocenters. The third-order valence-electron chi connectivity index (χ3n) is 4.90. The second-order valence-electron chi connectivity index (χ2n) is 6.53. The number of ether oxygens (including phenoxy) is 2. The van der Waals surface area contributed by atoms with Gasteiger partial charge in [-0.2, -0.15) is 0 Å². The highest BCUT2D eigenvalue weighted by molar-refractivity contribution is 9.10. The van der Waals surface area contributed by atoms with Crippen molar-refractivity contribution >= 4 is 38.8 Å². The summed E-state index contributed by atoms with van der Waals surface area (Å²) in [6.45, 7) is 4.08. The van der Waals surface area contributed by atoms with Gasteiger partial charge in [0, 0.05) is 22.0 Å². The van der Waals surface area contributed by atoms with Crippen LogP contribution in [-0.2, 0) is 25.5 Å². The zero-order chi connectivity index (χ0) is 17.6. The predicted octanol–water partition coefficient (Wildman–Crippen LogP) is 3.62. The highest BCUT2D eigenvalue weighted by Gasteiger charge is 2.53. The van der Waals surface area contributed by atoms with E-state index in [9.17, 15) is 9.59 Å². The number of fused-ring (bicyclic) bond motifs is 3. The van der Waals surface area contributed by atoms with E-state index in [1.165, 1.54) is 14.2 Å². The van der Waals surface area contributed by atoms with E-state index in [1.54, 1.807) is 0 Å². The zero-order valence-corrected chi connectivity index (χ0v) is 15.7. The minimum absolute atomic E-state index is 0.0226. The molecule has 0 saturated heterocycles. The molecular weight excluding hydrogens is 374 g/mol. The Bertz CT molecular complexity index is 823. The molecule has 1 aliphatic carbocycles. The van der Waals surface area contributed by atoms with Gasteiger partial charge in [-0.3, -0.25) is 9.59 Å². The number of nitrogens with one attached hydrogen (secondary N) is 1. The molecule has 24 heavy (non-hydrogen) atoms. The van der Waals surface area contributed by atoms with Crippen molar-refractivity contribution in [1.29, 1.82) is 0 Å². The average Bonchev–Trinajstić information content (AvgIpc) is 2.91. The number of methoxy groups -OCH3 is 2. The highest BCUT2D eigenvalue weighted by Crippen LogP contribution is 2.47. The lowest BCUT2D eigenvalue weighted by atomic mass is 9.69. The Morgan fingerprint density at radius 3 is 2.46 bits per heavy atom. The summed E-state index contributed by atoms with van der Waals surface area (Å²) in [4.78, 5) is 28.3. The molecule has 0 saturated carbocycles. The molecule has 1 aliphatic rings. The topological polar surface area (TPSA) is 68.4 Å². The van der Waals surface area contributed by atoms with Crippen LogP contribution in [0.15, 0.2) is 16.6 Å². The minimum Gasteiger partial charge on any atom is -0.468 e. The second kappa shape index (κ2) is 5.92. The van der Waals surface area contributed by atoms with Gasteiger partial charge < -0.3 is 14.5 Å². The number of aryl methyl sites for hydroxylation is 1. The molecular formula is C18H20BrNO4. The van der Waals surface area contributed by atoms with Crippen LogP contribution in [0.1, 0.15) is 36.1 Å². The van der Waals surface area contributed by atoms with Crippen molar-refractivity contribution in [2.45, 2.75) is 32.6 Å². The summed E-state index contributed by atoms with van der Waals surface area (Å²) in [6.07, 6.45) is 0.629. The zero-order valence-electron chi connectivity index (χ0n) is 14.2. The van der Waals surface area contributed by atoms with Crippen molar-refractivity contribution in [3.63, 3.8) is 0 Å². The highest BCUT2D eigenvalue weighted by atomic mass is 79.9. The van der Waals surface area contributed by atoms with E-state index in [2.05, 4.69) is 27.0 Å². The number of carbonyl (C=O) groups excluding carboxylic acids is 2. The number of esters is 2. The lowest BCUT2D eigenvalue weighted by molar-refractivity contribution is -0.170. The number of H-pyrrole nitrogens is 1. The van der Waals surface area contributed by atoms with E-state index in [0.717, 1.165) is 32.2 Å². The van der Waals surface area contributed by atoms with Crippen molar-refractivity contribution in [2.75, 3.05) is 14.2 Å². The van der Waals surface area contributed by atoms with Crippen molar-refractivity contribution in [3.05, 3.63) is 33.4 Å². The largest absolute Gasteiger partial charge is 0.468 e. The quantitative estimate of drug-likeness (QED) is 0.624. The lowest BCUT2D eigenvalue weighted by Crippen LogP contribution is -2.46. The number of hydrogen-bond donors (Lipinski definition) is 1. The van der Waals surface area contributed by atoms with Crippen LogP contribution in [0.5, 0.6) is 0 Å². The van der Waals surface area contributed by atoms with Crippen LogP contribution in [0.3, 0.4) is 0 Å². The standard InChI is InChI=1S/C18H20BrNO4/c1-9-5-11-14-10(2)7-18(16(21)23-3,17(22)24-4)8-13(14)20-15(11)12(19)6-9/h5-6,10,20H,7-8H2,1-4H3. The maximum absolute atomic E-state index is 12.4. The van der Waals surface area contributed by atoms with Crippen molar-refractivity contribution < 1.29 is 19.1 Å². The Kier molecular flexibility index (Phi) is 4.20. The van der Waals surface area contributed by atoms with E-state index < -0.39 is 17.4 Å². The van der Waals surface area contributed by atoms with Crippen LogP contribution in [0, 0.1) is 12.3 Å². The number of hydrogen-bond acceptors (Lipinski definition) is 4. The molecule has 6 heteroatoms. The Morgan fingerprint density at radius 1 is 1.25 bits per heavy atom. The van der Waals surface area contributed by atoms with Gasteiger partial charge in [-0.25, -0.2) is 0 Å².